The molecule has 7 heteroatoms. The Morgan fingerprint density at radius 1 is 0.897 bits per heavy atom. The van der Waals surface area contributed by atoms with Crippen LogP contribution in [-0.4, -0.2) is 39.2 Å². The third-order valence-corrected chi connectivity index (χ3v) is 4.54. The Kier molecular flexibility index (Phi) is 7.88. The molecule has 2 N–H and O–H groups in total. The van der Waals surface area contributed by atoms with Gasteiger partial charge in [-0.1, -0.05) is 13.8 Å². The summed E-state index contributed by atoms with van der Waals surface area (Å²) in [5.74, 6) is 1.28. The van der Waals surface area contributed by atoms with E-state index in [9.17, 15) is 9.59 Å². The number of rotatable bonds is 9. The van der Waals surface area contributed by atoms with E-state index in [0.717, 1.165) is 5.56 Å². The summed E-state index contributed by atoms with van der Waals surface area (Å²) in [6.07, 6.45) is 0. The van der Waals surface area contributed by atoms with Crippen molar-refractivity contribution < 1.29 is 23.8 Å². The van der Waals surface area contributed by atoms with Crippen molar-refractivity contribution in [1.29, 1.82) is 0 Å². The molecule has 1 atom stereocenters. The molecule has 0 aliphatic heterocycles. The first-order valence-corrected chi connectivity index (χ1v) is 9.33. The third kappa shape index (κ3) is 5.88. The van der Waals surface area contributed by atoms with Crippen molar-refractivity contribution >= 4 is 11.8 Å². The van der Waals surface area contributed by atoms with Crippen molar-refractivity contribution in [2.75, 3.05) is 21.3 Å². The van der Waals surface area contributed by atoms with Crippen molar-refractivity contribution in [3.05, 3.63) is 53.6 Å². The number of carbonyl (C=O) groups is 2. The molecule has 2 aromatic rings. The van der Waals surface area contributed by atoms with Crippen LogP contribution in [0.4, 0.5) is 0 Å². The first-order valence-electron chi connectivity index (χ1n) is 9.33. The van der Waals surface area contributed by atoms with E-state index in [0.29, 0.717) is 22.8 Å². The predicted octanol–water partition coefficient (Wildman–Crippen LogP) is 2.78. The van der Waals surface area contributed by atoms with Gasteiger partial charge in [-0.2, -0.15) is 0 Å². The zero-order valence-electron chi connectivity index (χ0n) is 17.4. The summed E-state index contributed by atoms with van der Waals surface area (Å²) in [5.41, 5.74) is 1.27. The molecule has 0 aliphatic carbocycles. The first kappa shape index (κ1) is 22.1. The molecule has 0 fully saturated rings. The first-order chi connectivity index (χ1) is 13.9. The molecule has 0 aromatic heterocycles. The van der Waals surface area contributed by atoms with Gasteiger partial charge in [0.05, 0.1) is 21.3 Å². The number of nitrogens with one attached hydrogen (secondary N) is 2. The second-order valence-electron chi connectivity index (χ2n) is 6.82. The van der Waals surface area contributed by atoms with Crippen LogP contribution in [0.15, 0.2) is 42.5 Å². The molecule has 2 rings (SSSR count). The minimum atomic E-state index is -0.672. The van der Waals surface area contributed by atoms with Gasteiger partial charge in [0.1, 0.15) is 23.3 Å². The fourth-order valence-electron chi connectivity index (χ4n) is 2.79. The Bertz CT molecular complexity index is 834. The standard InChI is InChI=1S/C22H28N2O5/c1-14(2)20(24-21(25)15-6-9-17(27-3)10-7-15)22(26)23-13-16-8-11-18(28-4)12-19(16)29-5/h6-12,14,20H,13H2,1-5H3,(H,23,26)(H,24,25). The van der Waals surface area contributed by atoms with Crippen LogP contribution in [0.2, 0.25) is 0 Å². The molecule has 156 valence electrons. The van der Waals surface area contributed by atoms with E-state index in [1.54, 1.807) is 57.7 Å². The molecule has 0 spiro atoms. The molecule has 0 radical (unpaired) electrons. The molecule has 29 heavy (non-hydrogen) atoms. The van der Waals surface area contributed by atoms with Crippen molar-refractivity contribution in [3.63, 3.8) is 0 Å². The highest BCUT2D eigenvalue weighted by atomic mass is 16.5. The minimum absolute atomic E-state index is 0.0880. The highest BCUT2D eigenvalue weighted by Crippen LogP contribution is 2.24. The summed E-state index contributed by atoms with van der Waals surface area (Å²) in [6.45, 7) is 4.03. The van der Waals surface area contributed by atoms with Gasteiger partial charge in [-0.05, 0) is 42.3 Å². The summed E-state index contributed by atoms with van der Waals surface area (Å²) >= 11 is 0. The van der Waals surface area contributed by atoms with E-state index in [-0.39, 0.29) is 24.3 Å². The lowest BCUT2D eigenvalue weighted by atomic mass is 10.0. The second-order valence-corrected chi connectivity index (χ2v) is 6.82. The molecule has 2 aromatic carbocycles. The van der Waals surface area contributed by atoms with Crippen LogP contribution in [0, 0.1) is 5.92 Å². The van der Waals surface area contributed by atoms with E-state index in [1.165, 1.54) is 0 Å². The van der Waals surface area contributed by atoms with Gasteiger partial charge < -0.3 is 24.8 Å². The highest BCUT2D eigenvalue weighted by molar-refractivity contribution is 5.97. The number of ether oxygens (including phenoxy) is 3. The summed E-state index contributed by atoms with van der Waals surface area (Å²) < 4.78 is 15.6. The van der Waals surface area contributed by atoms with Gasteiger partial charge in [-0.3, -0.25) is 9.59 Å². The number of amides is 2. The van der Waals surface area contributed by atoms with Gasteiger partial charge in [0.25, 0.3) is 5.91 Å². The zero-order valence-corrected chi connectivity index (χ0v) is 17.4. The largest absolute Gasteiger partial charge is 0.497 e. The average molecular weight is 400 g/mol. The monoisotopic (exact) mass is 400 g/mol. The maximum absolute atomic E-state index is 12.7. The van der Waals surface area contributed by atoms with Gasteiger partial charge in [0.15, 0.2) is 0 Å². The fourth-order valence-corrected chi connectivity index (χ4v) is 2.79. The topological polar surface area (TPSA) is 85.9 Å². The molecule has 7 nitrogen and oxygen atoms in total. The zero-order chi connectivity index (χ0) is 21.4. The molecule has 0 heterocycles. The molecular formula is C22H28N2O5. The normalized spacial score (nSPS) is 11.5. The van der Waals surface area contributed by atoms with Crippen molar-refractivity contribution in [2.24, 2.45) is 5.92 Å². The molecule has 0 saturated carbocycles. The van der Waals surface area contributed by atoms with Gasteiger partial charge in [0, 0.05) is 23.7 Å². The number of hydrogen-bond donors (Lipinski definition) is 2. The van der Waals surface area contributed by atoms with Crippen LogP contribution in [0.1, 0.15) is 29.8 Å². The third-order valence-electron chi connectivity index (χ3n) is 4.54. The van der Waals surface area contributed by atoms with Gasteiger partial charge in [-0.15, -0.1) is 0 Å². The summed E-state index contributed by atoms with van der Waals surface area (Å²) in [4.78, 5) is 25.3. The van der Waals surface area contributed by atoms with E-state index in [4.69, 9.17) is 14.2 Å². The average Bonchev–Trinajstić information content (AvgIpc) is 2.75. The van der Waals surface area contributed by atoms with E-state index < -0.39 is 6.04 Å². The van der Waals surface area contributed by atoms with Crippen LogP contribution >= 0.6 is 0 Å². The van der Waals surface area contributed by atoms with E-state index in [2.05, 4.69) is 10.6 Å². The maximum Gasteiger partial charge on any atom is 0.251 e. The smallest absolute Gasteiger partial charge is 0.251 e. The number of hydrogen-bond acceptors (Lipinski definition) is 5. The van der Waals surface area contributed by atoms with Crippen LogP contribution in [0.3, 0.4) is 0 Å². The minimum Gasteiger partial charge on any atom is -0.497 e. The SMILES string of the molecule is COc1ccc(C(=O)NC(C(=O)NCc2ccc(OC)cc2OC)C(C)C)cc1. The Morgan fingerprint density at radius 2 is 1.52 bits per heavy atom. The van der Waals surface area contributed by atoms with Gasteiger partial charge in [0.2, 0.25) is 5.91 Å². The van der Waals surface area contributed by atoms with Crippen LogP contribution in [-0.2, 0) is 11.3 Å². The Morgan fingerprint density at radius 3 is 2.07 bits per heavy atom. The lowest BCUT2D eigenvalue weighted by Crippen LogP contribution is -2.49. The lowest BCUT2D eigenvalue weighted by Gasteiger charge is -2.22. The lowest BCUT2D eigenvalue weighted by molar-refractivity contribution is -0.124. The van der Waals surface area contributed by atoms with E-state index >= 15 is 0 Å². The van der Waals surface area contributed by atoms with Crippen LogP contribution in [0.25, 0.3) is 0 Å². The summed E-state index contributed by atoms with van der Waals surface area (Å²) in [5, 5.41) is 5.68. The quantitative estimate of drug-likeness (QED) is 0.676. The van der Waals surface area contributed by atoms with Crippen molar-refractivity contribution in [2.45, 2.75) is 26.4 Å². The van der Waals surface area contributed by atoms with Crippen molar-refractivity contribution in [3.8, 4) is 17.2 Å². The number of carbonyl (C=O) groups excluding carboxylic acids is 2. The molecule has 1 unspecified atom stereocenters. The van der Waals surface area contributed by atoms with Crippen LogP contribution in [0.5, 0.6) is 17.2 Å². The maximum atomic E-state index is 12.7. The number of methoxy groups -OCH3 is 3. The summed E-state index contributed by atoms with van der Waals surface area (Å²) in [6, 6.07) is 11.4. The predicted molar refractivity (Wildman–Crippen MR) is 110 cm³/mol. The van der Waals surface area contributed by atoms with Crippen LogP contribution < -0.4 is 24.8 Å². The van der Waals surface area contributed by atoms with E-state index in [1.807, 2.05) is 19.9 Å². The highest BCUT2D eigenvalue weighted by Gasteiger charge is 2.24. The molecule has 2 amide bonds. The molecule has 0 saturated heterocycles. The fraction of sp³-hybridized carbons (Fsp3) is 0.364. The Balaban J connectivity index is 2.04. The Hall–Kier alpha value is -3.22. The molecule has 0 bridgehead atoms. The van der Waals surface area contributed by atoms with Crippen molar-refractivity contribution in [1.82, 2.24) is 10.6 Å². The number of benzene rings is 2. The molecule has 0 aliphatic rings. The summed E-state index contributed by atoms with van der Waals surface area (Å²) in [7, 11) is 4.70. The van der Waals surface area contributed by atoms with Gasteiger partial charge >= 0.3 is 0 Å². The van der Waals surface area contributed by atoms with Gasteiger partial charge in [-0.25, -0.2) is 0 Å². The Labute approximate surface area is 171 Å². The second kappa shape index (κ2) is 10.4. The molecular weight excluding hydrogens is 372 g/mol.